The Morgan fingerprint density at radius 3 is 2.90 bits per heavy atom. The SMILES string of the molecule is C=CCN(CC(=O)N1CCc2sccc2[C@@H]1COc1ccc(Cl)c(C)c1)C(=O)COC. The summed E-state index contributed by atoms with van der Waals surface area (Å²) in [6.45, 7) is 6.71. The zero-order valence-corrected chi connectivity index (χ0v) is 19.4. The molecule has 166 valence electrons. The molecule has 3 rings (SSSR count). The molecule has 1 aromatic heterocycles. The van der Waals surface area contributed by atoms with Crippen molar-refractivity contribution in [2.45, 2.75) is 19.4 Å². The van der Waals surface area contributed by atoms with E-state index in [-0.39, 0.29) is 37.6 Å². The lowest BCUT2D eigenvalue weighted by Gasteiger charge is -2.37. The molecule has 2 heterocycles. The maximum Gasteiger partial charge on any atom is 0.249 e. The van der Waals surface area contributed by atoms with Gasteiger partial charge in [-0.2, -0.15) is 0 Å². The van der Waals surface area contributed by atoms with Gasteiger partial charge in [-0.3, -0.25) is 9.59 Å². The number of halogens is 1. The van der Waals surface area contributed by atoms with E-state index in [1.807, 2.05) is 29.3 Å². The van der Waals surface area contributed by atoms with Crippen LogP contribution in [0.5, 0.6) is 5.75 Å². The first-order valence-corrected chi connectivity index (χ1v) is 11.3. The number of benzene rings is 1. The smallest absolute Gasteiger partial charge is 0.249 e. The van der Waals surface area contributed by atoms with Gasteiger partial charge in [-0.05, 0) is 54.1 Å². The van der Waals surface area contributed by atoms with Gasteiger partial charge in [0.15, 0.2) is 0 Å². The largest absolute Gasteiger partial charge is 0.491 e. The fraction of sp³-hybridized carbons (Fsp3) is 0.391. The van der Waals surface area contributed by atoms with Gasteiger partial charge in [0.05, 0.1) is 6.04 Å². The highest BCUT2D eigenvalue weighted by Crippen LogP contribution is 2.34. The summed E-state index contributed by atoms with van der Waals surface area (Å²) in [4.78, 5) is 30.1. The molecule has 1 aliphatic heterocycles. The van der Waals surface area contributed by atoms with Gasteiger partial charge in [0.25, 0.3) is 0 Å². The van der Waals surface area contributed by atoms with Crippen LogP contribution in [0.25, 0.3) is 0 Å². The fourth-order valence-corrected chi connectivity index (χ4v) is 4.68. The zero-order chi connectivity index (χ0) is 22.4. The first-order chi connectivity index (χ1) is 14.9. The van der Waals surface area contributed by atoms with Crippen LogP contribution in [0.2, 0.25) is 5.02 Å². The average molecular weight is 463 g/mol. The van der Waals surface area contributed by atoms with Crippen molar-refractivity contribution in [1.82, 2.24) is 9.80 Å². The molecule has 1 atom stereocenters. The zero-order valence-electron chi connectivity index (χ0n) is 17.8. The average Bonchev–Trinajstić information content (AvgIpc) is 3.23. The van der Waals surface area contributed by atoms with Crippen LogP contribution in [0.15, 0.2) is 42.3 Å². The third-order valence-electron chi connectivity index (χ3n) is 5.25. The molecule has 0 spiro atoms. The van der Waals surface area contributed by atoms with Crippen molar-refractivity contribution in [2.24, 2.45) is 0 Å². The molecule has 2 amide bonds. The summed E-state index contributed by atoms with van der Waals surface area (Å²) in [5.41, 5.74) is 2.04. The Kier molecular flexibility index (Phi) is 8.12. The molecule has 1 aliphatic rings. The number of carbonyl (C=O) groups excluding carboxylic acids is 2. The van der Waals surface area contributed by atoms with E-state index < -0.39 is 0 Å². The molecule has 0 saturated carbocycles. The molecule has 6 nitrogen and oxygen atoms in total. The number of ether oxygens (including phenoxy) is 2. The van der Waals surface area contributed by atoms with Gasteiger partial charge in [-0.1, -0.05) is 17.7 Å². The molecule has 31 heavy (non-hydrogen) atoms. The number of carbonyl (C=O) groups is 2. The second-order valence-electron chi connectivity index (χ2n) is 7.37. The molecule has 0 bridgehead atoms. The lowest BCUT2D eigenvalue weighted by Crippen LogP contribution is -2.48. The molecule has 0 N–H and O–H groups in total. The Hall–Kier alpha value is -2.35. The molecule has 8 heteroatoms. The second kappa shape index (κ2) is 10.8. The van der Waals surface area contributed by atoms with E-state index in [1.165, 1.54) is 16.9 Å². The van der Waals surface area contributed by atoms with E-state index in [0.717, 1.165) is 17.5 Å². The lowest BCUT2D eigenvalue weighted by atomic mass is 10.0. The maximum atomic E-state index is 13.2. The van der Waals surface area contributed by atoms with Crippen molar-refractivity contribution in [3.05, 3.63) is 63.3 Å². The number of hydrogen-bond donors (Lipinski definition) is 0. The molecular weight excluding hydrogens is 436 g/mol. The minimum Gasteiger partial charge on any atom is -0.491 e. The first kappa shape index (κ1) is 23.3. The molecule has 0 unspecified atom stereocenters. The monoisotopic (exact) mass is 462 g/mol. The topological polar surface area (TPSA) is 59.1 Å². The predicted molar refractivity (Wildman–Crippen MR) is 123 cm³/mol. The first-order valence-electron chi connectivity index (χ1n) is 10.1. The van der Waals surface area contributed by atoms with Gasteiger partial charge in [-0.15, -0.1) is 17.9 Å². The summed E-state index contributed by atoms with van der Waals surface area (Å²) in [5, 5.41) is 2.73. The number of nitrogens with zero attached hydrogens (tertiary/aromatic N) is 2. The minimum absolute atomic E-state index is 0.0236. The molecule has 0 saturated heterocycles. The van der Waals surface area contributed by atoms with Gasteiger partial charge in [-0.25, -0.2) is 0 Å². The van der Waals surface area contributed by atoms with E-state index in [1.54, 1.807) is 23.5 Å². The van der Waals surface area contributed by atoms with E-state index in [2.05, 4.69) is 12.6 Å². The number of fused-ring (bicyclic) bond motifs is 1. The van der Waals surface area contributed by atoms with E-state index in [4.69, 9.17) is 21.1 Å². The van der Waals surface area contributed by atoms with Crippen molar-refractivity contribution in [2.75, 3.05) is 40.0 Å². The molecular formula is C23H27ClN2O4S. The van der Waals surface area contributed by atoms with Crippen molar-refractivity contribution >= 4 is 34.8 Å². The van der Waals surface area contributed by atoms with E-state index in [9.17, 15) is 9.59 Å². The third kappa shape index (κ3) is 5.67. The van der Waals surface area contributed by atoms with Crippen LogP contribution in [-0.2, 0) is 20.7 Å². The summed E-state index contributed by atoms with van der Waals surface area (Å²) < 4.78 is 11.0. The van der Waals surface area contributed by atoms with Gasteiger partial charge in [0.2, 0.25) is 11.8 Å². The minimum atomic E-state index is -0.242. The maximum absolute atomic E-state index is 13.2. The van der Waals surface area contributed by atoms with E-state index in [0.29, 0.717) is 23.9 Å². The Morgan fingerprint density at radius 2 is 2.19 bits per heavy atom. The van der Waals surface area contributed by atoms with Crippen LogP contribution in [0.4, 0.5) is 0 Å². The number of rotatable bonds is 9. The van der Waals surface area contributed by atoms with Gasteiger partial charge in [0.1, 0.15) is 25.5 Å². The van der Waals surface area contributed by atoms with Crippen LogP contribution in [-0.4, -0.2) is 61.6 Å². The summed E-state index contributed by atoms with van der Waals surface area (Å²) in [6, 6.07) is 7.36. The quantitative estimate of drug-likeness (QED) is 0.531. The van der Waals surface area contributed by atoms with Crippen LogP contribution < -0.4 is 4.74 Å². The lowest BCUT2D eigenvalue weighted by molar-refractivity contribution is -0.144. The van der Waals surface area contributed by atoms with Crippen LogP contribution in [0.3, 0.4) is 0 Å². The summed E-state index contributed by atoms with van der Waals surface area (Å²) in [6.07, 6.45) is 2.40. The third-order valence-corrected chi connectivity index (χ3v) is 6.67. The van der Waals surface area contributed by atoms with Crippen LogP contribution in [0.1, 0.15) is 22.0 Å². The number of hydrogen-bond acceptors (Lipinski definition) is 5. The number of amides is 2. The number of thiophene rings is 1. The molecule has 0 aliphatic carbocycles. The van der Waals surface area contributed by atoms with Gasteiger partial charge >= 0.3 is 0 Å². The number of methoxy groups -OCH3 is 1. The van der Waals surface area contributed by atoms with Crippen LogP contribution >= 0.6 is 22.9 Å². The van der Waals surface area contributed by atoms with Crippen molar-refractivity contribution in [3.8, 4) is 5.75 Å². The molecule has 0 radical (unpaired) electrons. The van der Waals surface area contributed by atoms with Crippen molar-refractivity contribution in [3.63, 3.8) is 0 Å². The molecule has 1 aromatic carbocycles. The highest BCUT2D eigenvalue weighted by Gasteiger charge is 2.33. The summed E-state index contributed by atoms with van der Waals surface area (Å²) in [5.74, 6) is 0.345. The van der Waals surface area contributed by atoms with Crippen LogP contribution in [0, 0.1) is 6.92 Å². The second-order valence-corrected chi connectivity index (χ2v) is 8.78. The Morgan fingerprint density at radius 1 is 1.39 bits per heavy atom. The molecule has 0 fully saturated rings. The standard InChI is InChI=1S/C23H27ClN2O4S/c1-4-9-25(23(28)15-29-3)13-22(27)26-10-7-21-18(8-11-31-21)20(26)14-30-17-5-6-19(24)16(2)12-17/h4-6,8,11-12,20H,1,7,9-10,13-15H2,2-3H3/t20-/m0/s1. The van der Waals surface area contributed by atoms with Gasteiger partial charge < -0.3 is 19.3 Å². The Labute approximate surface area is 192 Å². The Bertz CT molecular complexity index is 945. The van der Waals surface area contributed by atoms with E-state index >= 15 is 0 Å². The normalized spacial score (nSPS) is 15.3. The Balaban J connectivity index is 1.77. The van der Waals surface area contributed by atoms with Gasteiger partial charge in [0, 0.05) is 30.1 Å². The predicted octanol–water partition coefficient (Wildman–Crippen LogP) is 3.88. The summed E-state index contributed by atoms with van der Waals surface area (Å²) in [7, 11) is 1.46. The highest BCUT2D eigenvalue weighted by molar-refractivity contribution is 7.10. The number of aryl methyl sites for hydroxylation is 1. The van der Waals surface area contributed by atoms with Crippen molar-refractivity contribution in [1.29, 1.82) is 0 Å². The highest BCUT2D eigenvalue weighted by atomic mass is 35.5. The van der Waals surface area contributed by atoms with Crippen molar-refractivity contribution < 1.29 is 19.1 Å². The fourth-order valence-electron chi connectivity index (χ4n) is 3.64. The molecule has 2 aromatic rings. The summed E-state index contributed by atoms with van der Waals surface area (Å²) >= 11 is 7.81.